The molecule has 0 spiro atoms. The van der Waals surface area contributed by atoms with Crippen molar-refractivity contribution in [1.29, 1.82) is 0 Å². The Morgan fingerprint density at radius 2 is 1.83 bits per heavy atom. The Hall–Kier alpha value is -3.31. The molecular weight excluding hydrogens is 392 g/mol. The summed E-state index contributed by atoms with van der Waals surface area (Å²) in [6.45, 7) is 4.05. The third-order valence-corrected chi connectivity index (χ3v) is 4.97. The van der Waals surface area contributed by atoms with Crippen molar-refractivity contribution in [1.82, 2.24) is 28.5 Å². The van der Waals surface area contributed by atoms with Gasteiger partial charge in [0.2, 0.25) is 0 Å². The van der Waals surface area contributed by atoms with Crippen LogP contribution in [0.5, 0.6) is 0 Å². The van der Waals surface area contributed by atoms with Crippen LogP contribution in [0.2, 0.25) is 0 Å². The van der Waals surface area contributed by atoms with Gasteiger partial charge in [-0.05, 0) is 19.9 Å². The molecule has 0 radical (unpaired) electrons. The highest BCUT2D eigenvalue weighted by molar-refractivity contribution is 5.85. The van der Waals surface area contributed by atoms with Crippen LogP contribution in [0.4, 0.5) is 0 Å². The zero-order chi connectivity index (χ0) is 20.0. The van der Waals surface area contributed by atoms with Crippen molar-refractivity contribution in [3.8, 4) is 11.8 Å². The first-order valence-electron chi connectivity index (χ1n) is 8.91. The van der Waals surface area contributed by atoms with E-state index in [0.29, 0.717) is 23.5 Å². The topological polar surface area (TPSA) is 79.6 Å². The van der Waals surface area contributed by atoms with Gasteiger partial charge in [-0.25, -0.2) is 14.8 Å². The number of hydrogen-bond acceptors (Lipinski definition) is 4. The molecule has 4 aromatic rings. The lowest BCUT2D eigenvalue weighted by molar-refractivity contribution is 0.513. The fourth-order valence-corrected chi connectivity index (χ4v) is 3.54. The number of hydrogen-bond donors (Lipinski definition) is 0. The number of para-hydroxylation sites is 1. The summed E-state index contributed by atoms with van der Waals surface area (Å²) in [5.74, 6) is 6.21. The number of halogens is 1. The summed E-state index contributed by atoms with van der Waals surface area (Å²) in [6.07, 6.45) is 0. The minimum atomic E-state index is -0.397. The highest BCUT2D eigenvalue weighted by Gasteiger charge is 2.21. The molecule has 0 unspecified atom stereocenters. The molecule has 1 aromatic carbocycles. The number of nitrogens with zero attached hydrogens (tertiary/aromatic N) is 6. The second-order valence-corrected chi connectivity index (χ2v) is 6.66. The molecule has 150 valence electrons. The third kappa shape index (κ3) is 3.13. The minimum absolute atomic E-state index is 0. The molecule has 3 heterocycles. The quantitative estimate of drug-likeness (QED) is 0.478. The van der Waals surface area contributed by atoms with Gasteiger partial charge < -0.3 is 0 Å². The number of benzene rings is 1. The Labute approximate surface area is 172 Å². The molecule has 3 aromatic heterocycles. The average molecular weight is 413 g/mol. The van der Waals surface area contributed by atoms with E-state index in [4.69, 9.17) is 0 Å². The molecule has 0 atom stereocenters. The molecule has 29 heavy (non-hydrogen) atoms. The third-order valence-electron chi connectivity index (χ3n) is 4.97. The van der Waals surface area contributed by atoms with Crippen LogP contribution >= 0.6 is 12.4 Å². The van der Waals surface area contributed by atoms with E-state index in [9.17, 15) is 9.59 Å². The molecule has 0 amide bonds. The Morgan fingerprint density at radius 3 is 2.55 bits per heavy atom. The van der Waals surface area contributed by atoms with Gasteiger partial charge in [-0.2, -0.15) is 0 Å². The molecule has 0 saturated heterocycles. The summed E-state index contributed by atoms with van der Waals surface area (Å²) in [6, 6.07) is 7.68. The van der Waals surface area contributed by atoms with Crippen LogP contribution in [0.25, 0.3) is 22.1 Å². The van der Waals surface area contributed by atoms with Crippen molar-refractivity contribution in [2.45, 2.75) is 26.9 Å². The van der Waals surface area contributed by atoms with Crippen LogP contribution in [-0.2, 0) is 27.2 Å². The molecule has 0 aliphatic rings. The zero-order valence-corrected chi connectivity index (χ0v) is 17.4. The average Bonchev–Trinajstić information content (AvgIpc) is 2.68. The van der Waals surface area contributed by atoms with E-state index < -0.39 is 5.69 Å². The smallest absolute Gasteiger partial charge is 0.279 e. The van der Waals surface area contributed by atoms with E-state index in [1.54, 1.807) is 30.4 Å². The van der Waals surface area contributed by atoms with Gasteiger partial charge in [-0.3, -0.25) is 23.3 Å². The van der Waals surface area contributed by atoms with E-state index in [2.05, 4.69) is 21.8 Å². The SMILES string of the molecule is CC#CCn1c2c(=O)n(Cc3nc(C)c4ccccc4n3)c(=O)n(C)c2n1C.Cl. The van der Waals surface area contributed by atoms with Crippen molar-refractivity contribution in [3.63, 3.8) is 0 Å². The highest BCUT2D eigenvalue weighted by atomic mass is 35.5. The van der Waals surface area contributed by atoms with Crippen molar-refractivity contribution in [3.05, 3.63) is 56.6 Å². The van der Waals surface area contributed by atoms with E-state index in [1.165, 1.54) is 9.13 Å². The second kappa shape index (κ2) is 7.60. The van der Waals surface area contributed by atoms with E-state index in [0.717, 1.165) is 16.6 Å². The molecule has 0 fully saturated rings. The molecule has 0 saturated carbocycles. The number of rotatable bonds is 3. The van der Waals surface area contributed by atoms with E-state index in [1.807, 2.05) is 31.2 Å². The lowest BCUT2D eigenvalue weighted by atomic mass is 10.2. The first-order chi connectivity index (χ1) is 13.4. The highest BCUT2D eigenvalue weighted by Crippen LogP contribution is 2.15. The predicted molar refractivity (Wildman–Crippen MR) is 114 cm³/mol. The van der Waals surface area contributed by atoms with Gasteiger partial charge in [0, 0.05) is 25.2 Å². The Morgan fingerprint density at radius 1 is 1.10 bits per heavy atom. The number of fused-ring (bicyclic) bond motifs is 2. The molecule has 9 heteroatoms. The van der Waals surface area contributed by atoms with Crippen molar-refractivity contribution in [2.75, 3.05) is 0 Å². The summed E-state index contributed by atoms with van der Waals surface area (Å²) in [5.41, 5.74) is 1.90. The van der Waals surface area contributed by atoms with E-state index in [-0.39, 0.29) is 24.5 Å². The Kier molecular flexibility index (Phi) is 5.36. The Balaban J connectivity index is 0.00000240. The van der Waals surface area contributed by atoms with Gasteiger partial charge in [-0.15, -0.1) is 18.3 Å². The first kappa shape index (κ1) is 20.4. The Bertz CT molecular complexity index is 1410. The molecule has 0 aliphatic heterocycles. The van der Waals surface area contributed by atoms with E-state index >= 15 is 0 Å². The van der Waals surface area contributed by atoms with Gasteiger partial charge in [0.05, 0.1) is 12.1 Å². The van der Waals surface area contributed by atoms with Crippen LogP contribution in [0.1, 0.15) is 18.4 Å². The number of aryl methyl sites for hydroxylation is 3. The molecular formula is C20H21ClN6O2. The summed E-state index contributed by atoms with van der Waals surface area (Å²) in [4.78, 5) is 34.9. The fraction of sp³-hybridized carbons (Fsp3) is 0.300. The van der Waals surface area contributed by atoms with Crippen LogP contribution in [0.15, 0.2) is 33.9 Å². The molecule has 0 aliphatic carbocycles. The van der Waals surface area contributed by atoms with Crippen molar-refractivity contribution in [2.24, 2.45) is 14.1 Å². The van der Waals surface area contributed by atoms with Gasteiger partial charge in [-0.1, -0.05) is 24.1 Å². The van der Waals surface area contributed by atoms with Crippen LogP contribution in [-0.4, -0.2) is 28.5 Å². The molecule has 0 bridgehead atoms. The molecule has 0 N–H and O–H groups in total. The van der Waals surface area contributed by atoms with Crippen LogP contribution in [0.3, 0.4) is 0 Å². The fourth-order valence-electron chi connectivity index (χ4n) is 3.54. The van der Waals surface area contributed by atoms with Gasteiger partial charge >= 0.3 is 5.69 Å². The summed E-state index contributed by atoms with van der Waals surface area (Å²) >= 11 is 0. The summed E-state index contributed by atoms with van der Waals surface area (Å²) in [7, 11) is 3.46. The lowest BCUT2D eigenvalue weighted by Crippen LogP contribution is -2.45. The van der Waals surface area contributed by atoms with Gasteiger partial charge in [0.1, 0.15) is 12.4 Å². The van der Waals surface area contributed by atoms with Gasteiger partial charge in [0.15, 0.2) is 11.2 Å². The zero-order valence-electron chi connectivity index (χ0n) is 16.6. The molecule has 4 rings (SSSR count). The second-order valence-electron chi connectivity index (χ2n) is 6.66. The maximum atomic E-state index is 13.1. The van der Waals surface area contributed by atoms with Gasteiger partial charge in [0.25, 0.3) is 5.56 Å². The molecule has 8 nitrogen and oxygen atoms in total. The number of aromatic nitrogens is 6. The largest absolute Gasteiger partial charge is 0.332 e. The monoisotopic (exact) mass is 412 g/mol. The summed E-state index contributed by atoms with van der Waals surface area (Å²) in [5, 5.41) is 0.953. The minimum Gasteiger partial charge on any atom is -0.279 e. The summed E-state index contributed by atoms with van der Waals surface area (Å²) < 4.78 is 6.18. The van der Waals surface area contributed by atoms with Crippen molar-refractivity contribution >= 4 is 34.5 Å². The van der Waals surface area contributed by atoms with Crippen LogP contribution < -0.4 is 11.2 Å². The lowest BCUT2D eigenvalue weighted by Gasteiger charge is -2.24. The maximum Gasteiger partial charge on any atom is 0.332 e. The van der Waals surface area contributed by atoms with Crippen molar-refractivity contribution < 1.29 is 0 Å². The maximum absolute atomic E-state index is 13.1. The normalized spacial score (nSPS) is 10.8. The first-order valence-corrected chi connectivity index (χ1v) is 8.91. The standard InChI is InChI=1S/C20H20N6O2.ClH/c1-5-6-11-26-17-18(24(26)4)23(3)20(28)25(19(17)27)12-16-21-13(2)14-9-7-8-10-15(14)22-16;/h7-10H,11-12H2,1-4H3;1H. The predicted octanol–water partition coefficient (Wildman–Crippen LogP) is 1.59. The van der Waals surface area contributed by atoms with Crippen LogP contribution in [0, 0.1) is 18.8 Å².